The van der Waals surface area contributed by atoms with Crippen LogP contribution < -0.4 is 0 Å². The van der Waals surface area contributed by atoms with Gasteiger partial charge in [-0.2, -0.15) is 17.6 Å². The summed E-state index contributed by atoms with van der Waals surface area (Å²) < 4.78 is 79.8. The van der Waals surface area contributed by atoms with Gasteiger partial charge in [0.1, 0.15) is 0 Å². The molecule has 1 unspecified atom stereocenters. The van der Waals surface area contributed by atoms with Crippen LogP contribution in [-0.2, 0) is 15.8 Å². The average molecular weight is 303 g/mol. The largest absolute Gasteiger partial charge is 0.768 e. The van der Waals surface area contributed by atoms with Gasteiger partial charge in [0.2, 0.25) is 5.76 Å². The van der Waals surface area contributed by atoms with E-state index in [1.807, 2.05) is 0 Å². The Hall–Kier alpha value is -1.42. The Balaban J connectivity index is 2.53. The Morgan fingerprint density at radius 1 is 1.42 bits per heavy atom. The first-order valence-corrected chi connectivity index (χ1v) is 5.81. The second-order valence-electron chi connectivity index (χ2n) is 3.32. The topological polar surface area (TPSA) is 79.6 Å². The first-order chi connectivity index (χ1) is 8.68. The first kappa shape index (κ1) is 15.6. The third kappa shape index (κ3) is 3.53. The van der Waals surface area contributed by atoms with Crippen molar-refractivity contribution in [2.45, 2.75) is 17.6 Å². The lowest BCUT2D eigenvalue weighted by Crippen LogP contribution is -2.44. The molecule has 0 fully saturated rings. The van der Waals surface area contributed by atoms with E-state index in [1.165, 1.54) is 12.1 Å². The summed E-state index contributed by atoms with van der Waals surface area (Å²) in [5.74, 6) is -6.25. The van der Waals surface area contributed by atoms with Crippen molar-refractivity contribution in [2.75, 3.05) is 6.61 Å². The van der Waals surface area contributed by atoms with Gasteiger partial charge in [-0.25, -0.2) is 4.79 Å². The minimum atomic E-state index is -5.23. The van der Waals surface area contributed by atoms with Crippen LogP contribution in [0.5, 0.6) is 0 Å². The second kappa shape index (κ2) is 5.70. The highest BCUT2D eigenvalue weighted by Gasteiger charge is 2.57. The summed E-state index contributed by atoms with van der Waals surface area (Å²) in [5.41, 5.74) is 0. The zero-order valence-electron chi connectivity index (χ0n) is 9.11. The van der Waals surface area contributed by atoms with Gasteiger partial charge in [-0.15, -0.1) is 0 Å². The molecule has 0 N–H and O–H groups in total. The molecule has 1 rings (SSSR count). The summed E-state index contributed by atoms with van der Waals surface area (Å²) in [6, 6.07) is 2.52. The molecule has 0 amide bonds. The lowest BCUT2D eigenvalue weighted by atomic mass is 10.2. The monoisotopic (exact) mass is 303 g/mol. The number of hydrogen-bond acceptors (Lipinski definition) is 5. The number of hydrogen-bond donors (Lipinski definition) is 0. The predicted molar refractivity (Wildman–Crippen MR) is 52.4 cm³/mol. The lowest BCUT2D eigenvalue weighted by Gasteiger charge is -2.27. The van der Waals surface area contributed by atoms with Crippen molar-refractivity contribution in [1.29, 1.82) is 0 Å². The van der Waals surface area contributed by atoms with Gasteiger partial charge in [0.15, 0.2) is 0 Å². The molecule has 108 valence electrons. The fraction of sp³-hybridized carbons (Fsp3) is 0.444. The Labute approximate surface area is 106 Å². The Morgan fingerprint density at radius 2 is 2.05 bits per heavy atom. The van der Waals surface area contributed by atoms with Crippen molar-refractivity contribution < 1.29 is 40.3 Å². The minimum absolute atomic E-state index is 0.289. The van der Waals surface area contributed by atoms with Gasteiger partial charge in [0, 0.05) is 11.1 Å². The molecule has 0 aliphatic rings. The van der Waals surface area contributed by atoms with Gasteiger partial charge in [0.25, 0.3) is 0 Å². The molecule has 19 heavy (non-hydrogen) atoms. The van der Waals surface area contributed by atoms with Crippen LogP contribution in [0.15, 0.2) is 22.8 Å². The SMILES string of the molecule is O=C(OCCC(F)(F)C(F)(F)S(=O)[O-])c1ccco1. The van der Waals surface area contributed by atoms with Crippen molar-refractivity contribution in [3.63, 3.8) is 0 Å². The summed E-state index contributed by atoms with van der Waals surface area (Å²) in [4.78, 5) is 11.1. The molecule has 0 radical (unpaired) electrons. The van der Waals surface area contributed by atoms with E-state index >= 15 is 0 Å². The lowest BCUT2D eigenvalue weighted by molar-refractivity contribution is -0.166. The van der Waals surface area contributed by atoms with E-state index in [4.69, 9.17) is 0 Å². The summed E-state index contributed by atoms with van der Waals surface area (Å²) in [7, 11) is 0. The van der Waals surface area contributed by atoms with Gasteiger partial charge in [-0.05, 0) is 12.1 Å². The van der Waals surface area contributed by atoms with Crippen LogP contribution in [0.4, 0.5) is 17.6 Å². The van der Waals surface area contributed by atoms with Crippen LogP contribution in [0.25, 0.3) is 0 Å². The minimum Gasteiger partial charge on any atom is -0.768 e. The zero-order valence-corrected chi connectivity index (χ0v) is 9.92. The molecule has 1 heterocycles. The molecular formula is C9H7F4O5S-. The Kier molecular flexibility index (Phi) is 4.69. The van der Waals surface area contributed by atoms with Crippen LogP contribution >= 0.6 is 0 Å². The molecule has 1 aromatic rings. The van der Waals surface area contributed by atoms with Crippen LogP contribution in [-0.4, -0.2) is 32.5 Å². The third-order valence-corrected chi connectivity index (χ3v) is 2.72. The van der Waals surface area contributed by atoms with E-state index in [0.29, 0.717) is 0 Å². The molecule has 0 spiro atoms. The molecule has 0 saturated heterocycles. The van der Waals surface area contributed by atoms with E-state index in [0.717, 1.165) is 6.26 Å². The second-order valence-corrected chi connectivity index (χ2v) is 4.30. The highest BCUT2D eigenvalue weighted by molar-refractivity contribution is 7.80. The fourth-order valence-corrected chi connectivity index (χ4v) is 1.35. The normalized spacial score (nSPS) is 14.2. The van der Waals surface area contributed by atoms with Crippen molar-refractivity contribution in [2.24, 2.45) is 0 Å². The summed E-state index contributed by atoms with van der Waals surface area (Å²) >= 11 is -4.28. The predicted octanol–water partition coefficient (Wildman–Crippen LogP) is 1.93. The van der Waals surface area contributed by atoms with Gasteiger partial charge in [0.05, 0.1) is 19.3 Å². The molecule has 0 aliphatic carbocycles. The van der Waals surface area contributed by atoms with E-state index < -0.39 is 41.3 Å². The molecular weight excluding hydrogens is 296 g/mol. The maximum absolute atomic E-state index is 12.9. The van der Waals surface area contributed by atoms with E-state index in [2.05, 4.69) is 9.15 Å². The third-order valence-electron chi connectivity index (χ3n) is 2.01. The smallest absolute Gasteiger partial charge is 0.374 e. The van der Waals surface area contributed by atoms with Crippen LogP contribution in [0.2, 0.25) is 0 Å². The van der Waals surface area contributed by atoms with Gasteiger partial charge >= 0.3 is 17.1 Å². The molecule has 0 aromatic carbocycles. The molecule has 5 nitrogen and oxygen atoms in total. The number of rotatable bonds is 6. The van der Waals surface area contributed by atoms with Crippen LogP contribution in [0.3, 0.4) is 0 Å². The molecule has 0 bridgehead atoms. The number of halogens is 4. The van der Waals surface area contributed by atoms with E-state index in [-0.39, 0.29) is 5.76 Å². The van der Waals surface area contributed by atoms with Crippen molar-refractivity contribution in [3.05, 3.63) is 24.2 Å². The number of ether oxygens (including phenoxy) is 1. The fourth-order valence-electron chi connectivity index (χ4n) is 1.01. The summed E-state index contributed by atoms with van der Waals surface area (Å²) in [6.45, 7) is -1.08. The quantitative estimate of drug-likeness (QED) is 0.456. The van der Waals surface area contributed by atoms with Crippen molar-refractivity contribution >= 4 is 17.0 Å². The zero-order chi connectivity index (χ0) is 14.7. The first-order valence-electron chi connectivity index (χ1n) is 4.74. The highest BCUT2D eigenvalue weighted by atomic mass is 32.2. The van der Waals surface area contributed by atoms with Gasteiger partial charge in [-0.3, -0.25) is 4.21 Å². The van der Waals surface area contributed by atoms with Gasteiger partial charge in [-0.1, -0.05) is 0 Å². The van der Waals surface area contributed by atoms with Crippen LogP contribution in [0, 0.1) is 0 Å². The number of carbonyl (C=O) groups excluding carboxylic acids is 1. The maximum atomic E-state index is 12.9. The number of esters is 1. The number of carbonyl (C=O) groups is 1. The molecule has 10 heteroatoms. The number of furan rings is 1. The summed E-state index contributed by atoms with van der Waals surface area (Å²) in [5, 5.41) is -5.23. The van der Waals surface area contributed by atoms with E-state index in [1.54, 1.807) is 0 Å². The molecule has 1 atom stereocenters. The highest BCUT2D eigenvalue weighted by Crippen LogP contribution is 2.38. The molecule has 0 saturated carbocycles. The Bertz CT molecular complexity index is 459. The molecule has 0 aliphatic heterocycles. The van der Waals surface area contributed by atoms with Gasteiger partial charge < -0.3 is 13.7 Å². The standard InChI is InChI=1S/C9H8F4O5S/c10-8(11,9(12,13)19(15)16)3-5-18-7(14)6-2-1-4-17-6/h1-2,4H,3,5H2,(H,15,16)/p-1. The maximum Gasteiger partial charge on any atom is 0.374 e. The van der Waals surface area contributed by atoms with Crippen molar-refractivity contribution in [3.8, 4) is 0 Å². The van der Waals surface area contributed by atoms with Crippen molar-refractivity contribution in [1.82, 2.24) is 0 Å². The summed E-state index contributed by atoms with van der Waals surface area (Å²) in [6.07, 6.45) is -0.514. The average Bonchev–Trinajstić information content (AvgIpc) is 2.81. The van der Waals surface area contributed by atoms with E-state index in [9.17, 15) is 31.1 Å². The molecule has 1 aromatic heterocycles. The Morgan fingerprint density at radius 3 is 2.53 bits per heavy atom. The number of alkyl halides is 4. The van der Waals surface area contributed by atoms with Crippen LogP contribution in [0.1, 0.15) is 17.0 Å².